The average Bonchev–Trinajstić information content (AvgIpc) is 2.36. The molecule has 1 unspecified atom stereocenters. The molecule has 0 rings (SSSR count). The van der Waals surface area contributed by atoms with E-state index in [1.165, 1.54) is 77.3 Å². The van der Waals surface area contributed by atoms with E-state index in [2.05, 4.69) is 26.1 Å². The Kier molecular flexibility index (Phi) is 14.0. The lowest BCUT2D eigenvalue weighted by Gasteiger charge is -2.13. The lowest BCUT2D eigenvalue weighted by atomic mass is 9.93. The summed E-state index contributed by atoms with van der Waals surface area (Å²) in [6, 6.07) is 0. The molecule has 0 aliphatic rings. The van der Waals surface area contributed by atoms with Crippen LogP contribution >= 0.6 is 0 Å². The first kappa shape index (κ1) is 17.0. The van der Waals surface area contributed by atoms with Crippen LogP contribution < -0.4 is 5.32 Å². The molecular formula is C16H35N. The van der Waals surface area contributed by atoms with Gasteiger partial charge in [-0.2, -0.15) is 0 Å². The third-order valence-electron chi connectivity index (χ3n) is 3.72. The zero-order chi connectivity index (χ0) is 12.8. The Morgan fingerprint density at radius 3 is 2.00 bits per heavy atom. The highest BCUT2D eigenvalue weighted by molar-refractivity contribution is 4.58. The van der Waals surface area contributed by atoms with Crippen molar-refractivity contribution in [3.8, 4) is 0 Å². The van der Waals surface area contributed by atoms with Gasteiger partial charge >= 0.3 is 0 Å². The molecule has 1 atom stereocenters. The first-order valence-corrected chi connectivity index (χ1v) is 8.05. The van der Waals surface area contributed by atoms with Crippen molar-refractivity contribution in [2.75, 3.05) is 13.1 Å². The molecule has 0 aromatic heterocycles. The fourth-order valence-electron chi connectivity index (χ4n) is 2.33. The van der Waals surface area contributed by atoms with E-state index in [0.29, 0.717) is 0 Å². The third kappa shape index (κ3) is 12.2. The summed E-state index contributed by atoms with van der Waals surface area (Å²) < 4.78 is 0. The van der Waals surface area contributed by atoms with Crippen molar-refractivity contribution in [3.05, 3.63) is 0 Å². The molecule has 0 saturated heterocycles. The van der Waals surface area contributed by atoms with Gasteiger partial charge < -0.3 is 5.32 Å². The summed E-state index contributed by atoms with van der Waals surface area (Å²) in [5.41, 5.74) is 0. The van der Waals surface area contributed by atoms with Crippen molar-refractivity contribution in [2.24, 2.45) is 5.92 Å². The first-order chi connectivity index (χ1) is 8.35. The van der Waals surface area contributed by atoms with Gasteiger partial charge in [0, 0.05) is 0 Å². The van der Waals surface area contributed by atoms with Gasteiger partial charge in [-0.05, 0) is 31.8 Å². The SMILES string of the molecule is CCCCNCCCCCC(CC)CCCC. The van der Waals surface area contributed by atoms with Gasteiger partial charge in [-0.25, -0.2) is 0 Å². The summed E-state index contributed by atoms with van der Waals surface area (Å²) in [6.45, 7) is 9.35. The molecule has 0 heterocycles. The molecule has 0 aromatic rings. The van der Waals surface area contributed by atoms with Gasteiger partial charge in [0.2, 0.25) is 0 Å². The van der Waals surface area contributed by atoms with Crippen molar-refractivity contribution in [1.82, 2.24) is 5.32 Å². The minimum Gasteiger partial charge on any atom is -0.317 e. The molecular weight excluding hydrogens is 206 g/mol. The second-order valence-electron chi connectivity index (χ2n) is 5.37. The van der Waals surface area contributed by atoms with Crippen LogP contribution in [0.5, 0.6) is 0 Å². The zero-order valence-electron chi connectivity index (χ0n) is 12.6. The Labute approximate surface area is 110 Å². The second-order valence-corrected chi connectivity index (χ2v) is 5.37. The summed E-state index contributed by atoms with van der Waals surface area (Å²) in [5, 5.41) is 3.52. The van der Waals surface area contributed by atoms with Gasteiger partial charge in [0.05, 0.1) is 0 Å². The molecule has 1 N–H and O–H groups in total. The van der Waals surface area contributed by atoms with E-state index in [0.717, 1.165) is 5.92 Å². The molecule has 104 valence electrons. The van der Waals surface area contributed by atoms with E-state index in [1.54, 1.807) is 0 Å². The Morgan fingerprint density at radius 2 is 1.35 bits per heavy atom. The summed E-state index contributed by atoms with van der Waals surface area (Å²) in [6.07, 6.45) is 14.0. The van der Waals surface area contributed by atoms with Gasteiger partial charge in [-0.3, -0.25) is 0 Å². The fraction of sp³-hybridized carbons (Fsp3) is 1.00. The van der Waals surface area contributed by atoms with E-state index in [9.17, 15) is 0 Å². The maximum atomic E-state index is 3.52. The van der Waals surface area contributed by atoms with Crippen LogP contribution in [0.2, 0.25) is 0 Å². The van der Waals surface area contributed by atoms with Gasteiger partial charge in [-0.1, -0.05) is 72.1 Å². The molecule has 0 amide bonds. The Hall–Kier alpha value is -0.0400. The molecule has 0 aliphatic carbocycles. The van der Waals surface area contributed by atoms with Gasteiger partial charge in [-0.15, -0.1) is 0 Å². The van der Waals surface area contributed by atoms with Crippen molar-refractivity contribution >= 4 is 0 Å². The van der Waals surface area contributed by atoms with Crippen molar-refractivity contribution in [3.63, 3.8) is 0 Å². The minimum atomic E-state index is 1.00. The van der Waals surface area contributed by atoms with Gasteiger partial charge in [0.15, 0.2) is 0 Å². The Morgan fingerprint density at radius 1 is 0.706 bits per heavy atom. The van der Waals surface area contributed by atoms with Crippen LogP contribution in [-0.4, -0.2) is 13.1 Å². The van der Waals surface area contributed by atoms with Gasteiger partial charge in [0.1, 0.15) is 0 Å². The molecule has 1 heteroatoms. The summed E-state index contributed by atoms with van der Waals surface area (Å²) in [7, 11) is 0. The molecule has 17 heavy (non-hydrogen) atoms. The molecule has 0 spiro atoms. The molecule has 0 fully saturated rings. The van der Waals surface area contributed by atoms with Crippen LogP contribution in [0.1, 0.15) is 85.0 Å². The van der Waals surface area contributed by atoms with Crippen LogP contribution in [-0.2, 0) is 0 Å². The molecule has 0 bridgehead atoms. The lowest BCUT2D eigenvalue weighted by molar-refractivity contribution is 0.400. The molecule has 0 aromatic carbocycles. The Balaban J connectivity index is 3.19. The van der Waals surface area contributed by atoms with E-state index < -0.39 is 0 Å². The van der Waals surface area contributed by atoms with E-state index >= 15 is 0 Å². The smallest absolute Gasteiger partial charge is 0.00489 e. The number of unbranched alkanes of at least 4 members (excludes halogenated alkanes) is 4. The minimum absolute atomic E-state index is 1.00. The summed E-state index contributed by atoms with van der Waals surface area (Å²) >= 11 is 0. The summed E-state index contributed by atoms with van der Waals surface area (Å²) in [4.78, 5) is 0. The highest BCUT2D eigenvalue weighted by Crippen LogP contribution is 2.19. The highest BCUT2D eigenvalue weighted by atomic mass is 14.8. The third-order valence-corrected chi connectivity index (χ3v) is 3.72. The molecule has 0 aliphatic heterocycles. The van der Waals surface area contributed by atoms with Crippen molar-refractivity contribution in [1.29, 1.82) is 0 Å². The van der Waals surface area contributed by atoms with Crippen LogP contribution in [0.3, 0.4) is 0 Å². The average molecular weight is 241 g/mol. The molecule has 1 nitrogen and oxygen atoms in total. The molecule has 0 radical (unpaired) electrons. The maximum absolute atomic E-state index is 3.52. The topological polar surface area (TPSA) is 12.0 Å². The van der Waals surface area contributed by atoms with Crippen LogP contribution in [0.15, 0.2) is 0 Å². The second kappa shape index (κ2) is 14.0. The number of nitrogens with one attached hydrogen (secondary N) is 1. The predicted octanol–water partition coefficient (Wildman–Crippen LogP) is 5.15. The highest BCUT2D eigenvalue weighted by Gasteiger charge is 2.04. The molecule has 0 saturated carbocycles. The number of rotatable bonds is 13. The van der Waals surface area contributed by atoms with Crippen molar-refractivity contribution < 1.29 is 0 Å². The normalized spacial score (nSPS) is 12.9. The number of hydrogen-bond donors (Lipinski definition) is 1. The van der Waals surface area contributed by atoms with E-state index in [4.69, 9.17) is 0 Å². The summed E-state index contributed by atoms with van der Waals surface area (Å²) in [5.74, 6) is 1.00. The maximum Gasteiger partial charge on any atom is -0.00489 e. The largest absolute Gasteiger partial charge is 0.317 e. The fourth-order valence-corrected chi connectivity index (χ4v) is 2.33. The van der Waals surface area contributed by atoms with Crippen LogP contribution in [0, 0.1) is 5.92 Å². The predicted molar refractivity (Wildman–Crippen MR) is 79.6 cm³/mol. The first-order valence-electron chi connectivity index (χ1n) is 8.05. The van der Waals surface area contributed by atoms with E-state index in [1.807, 2.05) is 0 Å². The monoisotopic (exact) mass is 241 g/mol. The lowest BCUT2D eigenvalue weighted by Crippen LogP contribution is -2.16. The quantitative estimate of drug-likeness (QED) is 0.440. The number of hydrogen-bond acceptors (Lipinski definition) is 1. The van der Waals surface area contributed by atoms with Crippen molar-refractivity contribution in [2.45, 2.75) is 85.0 Å². The van der Waals surface area contributed by atoms with Gasteiger partial charge in [0.25, 0.3) is 0 Å². The van der Waals surface area contributed by atoms with Crippen LogP contribution in [0.25, 0.3) is 0 Å². The standard InChI is InChI=1S/C16H35N/c1-4-7-12-16(6-3)13-10-9-11-15-17-14-8-5-2/h16-17H,4-15H2,1-3H3. The van der Waals surface area contributed by atoms with Crippen LogP contribution in [0.4, 0.5) is 0 Å². The van der Waals surface area contributed by atoms with E-state index in [-0.39, 0.29) is 0 Å². The zero-order valence-corrected chi connectivity index (χ0v) is 12.6. The Bertz CT molecular complexity index is 133.